The number of ether oxygens (including phenoxy) is 2. The summed E-state index contributed by atoms with van der Waals surface area (Å²) in [6.45, 7) is 5.55. The zero-order valence-electron chi connectivity index (χ0n) is 10.1. The van der Waals surface area contributed by atoms with Crippen molar-refractivity contribution >= 4 is 21.9 Å². The minimum absolute atomic E-state index is 0.00248. The highest BCUT2D eigenvalue weighted by Crippen LogP contribution is 2.28. The van der Waals surface area contributed by atoms with Crippen LogP contribution in [0.3, 0.4) is 0 Å². The smallest absolute Gasteiger partial charge is 0.320 e. The first-order valence-electron chi connectivity index (χ1n) is 5.55. The molecule has 1 fully saturated rings. The highest BCUT2D eigenvalue weighted by atomic mass is 79.9. The van der Waals surface area contributed by atoms with Crippen LogP contribution < -0.4 is 5.32 Å². The third-order valence-electron chi connectivity index (χ3n) is 2.71. The Balaban J connectivity index is 2.15. The third-order valence-corrected chi connectivity index (χ3v) is 3.40. The van der Waals surface area contributed by atoms with Gasteiger partial charge < -0.3 is 14.8 Å². The molecule has 0 aromatic heterocycles. The van der Waals surface area contributed by atoms with Crippen LogP contribution in [0.4, 0.5) is 0 Å². The number of carbonyl (C=O) groups excluding carboxylic acids is 1. The second kappa shape index (κ2) is 5.98. The Morgan fingerprint density at radius 3 is 2.88 bits per heavy atom. The predicted octanol–water partition coefficient (Wildman–Crippen LogP) is 1.47. The van der Waals surface area contributed by atoms with Crippen molar-refractivity contribution in [2.45, 2.75) is 43.2 Å². The molecular formula is C11H20BrNO3. The molecule has 4 nitrogen and oxygen atoms in total. The summed E-state index contributed by atoms with van der Waals surface area (Å²) in [6, 6.07) is 0. The van der Waals surface area contributed by atoms with Crippen molar-refractivity contribution in [1.82, 2.24) is 5.32 Å². The van der Waals surface area contributed by atoms with Crippen molar-refractivity contribution in [3.05, 3.63) is 0 Å². The maximum absolute atomic E-state index is 11.1. The van der Waals surface area contributed by atoms with Gasteiger partial charge in [-0.15, -0.1) is 0 Å². The average molecular weight is 294 g/mol. The molecule has 0 bridgehead atoms. The van der Waals surface area contributed by atoms with Crippen molar-refractivity contribution in [3.63, 3.8) is 0 Å². The lowest BCUT2D eigenvalue weighted by Crippen LogP contribution is -2.35. The molecule has 1 aliphatic heterocycles. The van der Waals surface area contributed by atoms with E-state index < -0.39 is 0 Å². The first-order chi connectivity index (χ1) is 7.44. The number of methoxy groups -OCH3 is 1. The number of rotatable bonds is 5. The van der Waals surface area contributed by atoms with Gasteiger partial charge in [-0.3, -0.25) is 4.79 Å². The van der Waals surface area contributed by atoms with E-state index in [0.29, 0.717) is 6.54 Å². The van der Waals surface area contributed by atoms with E-state index in [2.05, 4.69) is 39.8 Å². The Kier molecular flexibility index (Phi) is 5.21. The quantitative estimate of drug-likeness (QED) is 0.616. The van der Waals surface area contributed by atoms with Gasteiger partial charge in [0.2, 0.25) is 0 Å². The normalized spacial score (nSPS) is 25.4. The summed E-state index contributed by atoms with van der Waals surface area (Å²) >= 11 is 3.26. The van der Waals surface area contributed by atoms with Gasteiger partial charge in [-0.25, -0.2) is 0 Å². The van der Waals surface area contributed by atoms with Crippen LogP contribution in [0.25, 0.3) is 0 Å². The van der Waals surface area contributed by atoms with Gasteiger partial charge in [0.25, 0.3) is 0 Å². The molecule has 0 aliphatic carbocycles. The Bertz CT molecular complexity index is 245. The number of halogens is 1. The van der Waals surface area contributed by atoms with Crippen molar-refractivity contribution in [2.24, 2.45) is 0 Å². The summed E-state index contributed by atoms with van der Waals surface area (Å²) in [5.41, 5.74) is 0.00248. The molecule has 1 saturated heterocycles. The van der Waals surface area contributed by atoms with Crippen molar-refractivity contribution in [1.29, 1.82) is 0 Å². The number of carbonyl (C=O) groups is 1. The summed E-state index contributed by atoms with van der Waals surface area (Å²) in [5, 5.41) is 3.21. The maximum Gasteiger partial charge on any atom is 0.320 e. The minimum atomic E-state index is -0.285. The highest BCUT2D eigenvalue weighted by molar-refractivity contribution is 9.10. The SMILES string of the molecule is COC(=O)C(Br)CNCC1CCC(C)(C)O1. The molecule has 0 aromatic rings. The molecule has 1 N–H and O–H groups in total. The van der Waals surface area contributed by atoms with Gasteiger partial charge in [0.05, 0.1) is 18.8 Å². The van der Waals surface area contributed by atoms with E-state index in [1.165, 1.54) is 7.11 Å². The first-order valence-corrected chi connectivity index (χ1v) is 6.46. The predicted molar refractivity (Wildman–Crippen MR) is 65.8 cm³/mol. The van der Waals surface area contributed by atoms with Crippen LogP contribution in [0, 0.1) is 0 Å². The standard InChI is InChI=1S/C11H20BrNO3/c1-11(2)5-4-8(16-11)6-13-7-9(12)10(14)15-3/h8-9,13H,4-7H2,1-3H3. The molecule has 2 unspecified atom stereocenters. The zero-order valence-corrected chi connectivity index (χ0v) is 11.7. The van der Waals surface area contributed by atoms with E-state index in [4.69, 9.17) is 4.74 Å². The van der Waals surface area contributed by atoms with Crippen LogP contribution >= 0.6 is 15.9 Å². The third kappa shape index (κ3) is 4.39. The van der Waals surface area contributed by atoms with E-state index in [9.17, 15) is 4.79 Å². The lowest BCUT2D eigenvalue weighted by molar-refractivity contribution is -0.139. The summed E-state index contributed by atoms with van der Waals surface area (Å²) in [4.78, 5) is 10.8. The fraction of sp³-hybridized carbons (Fsp3) is 0.909. The molecule has 0 aromatic carbocycles. The molecule has 1 aliphatic rings. The topological polar surface area (TPSA) is 47.6 Å². The van der Waals surface area contributed by atoms with Gasteiger partial charge >= 0.3 is 5.97 Å². The largest absolute Gasteiger partial charge is 0.468 e. The summed E-state index contributed by atoms with van der Waals surface area (Å²) in [5.74, 6) is -0.250. The summed E-state index contributed by atoms with van der Waals surface area (Å²) in [7, 11) is 1.39. The van der Waals surface area contributed by atoms with Crippen LogP contribution in [0.5, 0.6) is 0 Å². The van der Waals surface area contributed by atoms with Crippen LogP contribution in [0.2, 0.25) is 0 Å². The zero-order chi connectivity index (χ0) is 12.2. The van der Waals surface area contributed by atoms with Crippen LogP contribution in [-0.2, 0) is 14.3 Å². The summed E-state index contributed by atoms with van der Waals surface area (Å²) < 4.78 is 10.4. The second-order valence-corrected chi connectivity index (χ2v) is 5.79. The number of alkyl halides is 1. The Hall–Kier alpha value is -0.130. The average Bonchev–Trinajstić information content (AvgIpc) is 2.57. The maximum atomic E-state index is 11.1. The monoisotopic (exact) mass is 293 g/mol. The van der Waals surface area contributed by atoms with Gasteiger partial charge in [-0.05, 0) is 26.7 Å². The molecule has 0 amide bonds. The van der Waals surface area contributed by atoms with Crippen molar-refractivity contribution < 1.29 is 14.3 Å². The fourth-order valence-corrected chi connectivity index (χ4v) is 2.22. The molecule has 94 valence electrons. The first kappa shape index (κ1) is 13.9. The molecule has 0 saturated carbocycles. The van der Waals surface area contributed by atoms with Crippen molar-refractivity contribution in [3.8, 4) is 0 Å². The number of hydrogen-bond donors (Lipinski definition) is 1. The van der Waals surface area contributed by atoms with Crippen LogP contribution in [0.15, 0.2) is 0 Å². The number of esters is 1. The second-order valence-electron chi connectivity index (χ2n) is 4.69. The van der Waals surface area contributed by atoms with Gasteiger partial charge in [0.15, 0.2) is 0 Å². The minimum Gasteiger partial charge on any atom is -0.468 e. The van der Waals surface area contributed by atoms with E-state index >= 15 is 0 Å². The summed E-state index contributed by atoms with van der Waals surface area (Å²) in [6.07, 6.45) is 2.42. The van der Waals surface area contributed by atoms with Gasteiger partial charge in [0.1, 0.15) is 4.83 Å². The molecule has 2 atom stereocenters. The van der Waals surface area contributed by atoms with Gasteiger partial charge in [0, 0.05) is 13.1 Å². The molecule has 0 spiro atoms. The molecule has 5 heteroatoms. The van der Waals surface area contributed by atoms with Crippen LogP contribution in [0.1, 0.15) is 26.7 Å². The molecule has 1 rings (SSSR count). The highest BCUT2D eigenvalue weighted by Gasteiger charge is 2.31. The Morgan fingerprint density at radius 1 is 1.69 bits per heavy atom. The number of hydrogen-bond acceptors (Lipinski definition) is 4. The lowest BCUT2D eigenvalue weighted by atomic mass is 10.1. The van der Waals surface area contributed by atoms with E-state index in [1.807, 2.05) is 0 Å². The van der Waals surface area contributed by atoms with E-state index in [0.717, 1.165) is 19.4 Å². The molecule has 16 heavy (non-hydrogen) atoms. The fourth-order valence-electron chi connectivity index (χ4n) is 1.80. The Labute approximate surface area is 105 Å². The lowest BCUT2D eigenvalue weighted by Gasteiger charge is -2.19. The molecular weight excluding hydrogens is 274 g/mol. The van der Waals surface area contributed by atoms with Gasteiger partial charge in [-0.1, -0.05) is 15.9 Å². The van der Waals surface area contributed by atoms with E-state index in [1.54, 1.807) is 0 Å². The van der Waals surface area contributed by atoms with E-state index in [-0.39, 0.29) is 22.5 Å². The Morgan fingerprint density at radius 2 is 2.38 bits per heavy atom. The molecule has 1 heterocycles. The van der Waals surface area contributed by atoms with Crippen LogP contribution in [-0.4, -0.2) is 42.7 Å². The molecule has 0 radical (unpaired) electrons. The number of nitrogens with one attached hydrogen (secondary N) is 1. The van der Waals surface area contributed by atoms with Gasteiger partial charge in [-0.2, -0.15) is 0 Å². The van der Waals surface area contributed by atoms with Crippen molar-refractivity contribution in [2.75, 3.05) is 20.2 Å².